The Hall–Kier alpha value is -2.88. The third-order valence-corrected chi connectivity index (χ3v) is 7.81. The molecule has 0 radical (unpaired) electrons. The Morgan fingerprint density at radius 1 is 0.850 bits per heavy atom. The maximum Gasteiger partial charge on any atom is 0.229 e. The lowest BCUT2D eigenvalue weighted by molar-refractivity contribution is -0.277. The minimum Gasteiger partial charge on any atom is -0.502 e. The van der Waals surface area contributed by atoms with Gasteiger partial charge < -0.3 is 63.8 Å². The van der Waals surface area contributed by atoms with Crippen LogP contribution in [0.2, 0.25) is 0 Å². The number of methoxy groups -OCH3 is 3. The van der Waals surface area contributed by atoms with Crippen molar-refractivity contribution < 1.29 is 63.8 Å². The van der Waals surface area contributed by atoms with Crippen LogP contribution in [0.1, 0.15) is 23.3 Å². The summed E-state index contributed by atoms with van der Waals surface area (Å²) >= 11 is 0. The molecule has 3 aliphatic heterocycles. The number of phenols is 1. The van der Waals surface area contributed by atoms with Gasteiger partial charge in [0.15, 0.2) is 23.0 Å². The predicted molar refractivity (Wildman–Crippen MR) is 134 cm³/mol. The van der Waals surface area contributed by atoms with E-state index in [-0.39, 0.29) is 42.0 Å². The standard InChI is InChI=1S/C27H34O13/c1-34-16-6-12(4-5-15(16)39-26-23(32)22(31)21(30)19(9-28)40-26)24-14-10-37-25(27(14,33)11-38-24)13-7-17(35-2)20(29)18(8-13)36-3/h4-8,14,19,21-26,28-33H,9-11H2,1-3H3/t14-,19-,21-,22+,23-,24-,25-,26-,27-/m1/s1. The molecule has 13 nitrogen and oxygen atoms in total. The molecule has 2 aromatic rings. The van der Waals surface area contributed by atoms with E-state index in [9.17, 15) is 30.6 Å². The minimum absolute atomic E-state index is 0.0239. The summed E-state index contributed by atoms with van der Waals surface area (Å²) in [6, 6.07) is 8.11. The summed E-state index contributed by atoms with van der Waals surface area (Å²) in [7, 11) is 4.25. The highest BCUT2D eigenvalue weighted by Gasteiger charge is 2.59. The summed E-state index contributed by atoms with van der Waals surface area (Å²) in [5.41, 5.74) is -0.165. The summed E-state index contributed by atoms with van der Waals surface area (Å²) in [5, 5.41) is 61.9. The topological polar surface area (TPSA) is 186 Å². The molecule has 3 saturated heterocycles. The van der Waals surface area contributed by atoms with Gasteiger partial charge in [-0.3, -0.25) is 0 Å². The fraction of sp³-hybridized carbons (Fsp3) is 0.556. The second kappa shape index (κ2) is 11.2. The highest BCUT2D eigenvalue weighted by atomic mass is 16.7. The van der Waals surface area contributed by atoms with Crippen LogP contribution in [0, 0.1) is 5.92 Å². The Labute approximate surface area is 230 Å². The van der Waals surface area contributed by atoms with Crippen LogP contribution in [0.25, 0.3) is 0 Å². The molecule has 9 atom stereocenters. The maximum atomic E-state index is 11.7. The van der Waals surface area contributed by atoms with Gasteiger partial charge in [0.05, 0.1) is 47.3 Å². The van der Waals surface area contributed by atoms with Crippen LogP contribution in [0.3, 0.4) is 0 Å². The molecule has 6 N–H and O–H groups in total. The number of aliphatic hydroxyl groups excluding tert-OH is 4. The largest absolute Gasteiger partial charge is 0.502 e. The molecule has 0 bridgehead atoms. The number of benzene rings is 2. The van der Waals surface area contributed by atoms with Gasteiger partial charge in [0.2, 0.25) is 12.0 Å². The fourth-order valence-electron chi connectivity index (χ4n) is 5.58. The molecule has 0 spiro atoms. The molecular weight excluding hydrogens is 532 g/mol. The number of phenolic OH excluding ortho intramolecular Hbond substituents is 1. The normalized spacial score (nSPS) is 35.3. The van der Waals surface area contributed by atoms with Crippen LogP contribution < -0.4 is 18.9 Å². The molecule has 0 amide bonds. The molecule has 13 heteroatoms. The smallest absolute Gasteiger partial charge is 0.229 e. The van der Waals surface area contributed by atoms with E-state index < -0.39 is 61.0 Å². The monoisotopic (exact) mass is 566 g/mol. The molecular formula is C27H34O13. The zero-order valence-corrected chi connectivity index (χ0v) is 22.2. The number of hydrogen-bond donors (Lipinski definition) is 6. The van der Waals surface area contributed by atoms with E-state index in [1.165, 1.54) is 21.3 Å². The van der Waals surface area contributed by atoms with Gasteiger partial charge in [-0.2, -0.15) is 0 Å². The van der Waals surface area contributed by atoms with Crippen molar-refractivity contribution in [3.8, 4) is 28.7 Å². The summed E-state index contributed by atoms with van der Waals surface area (Å²) < 4.78 is 39.3. The van der Waals surface area contributed by atoms with Crippen molar-refractivity contribution in [1.82, 2.24) is 0 Å². The molecule has 3 fully saturated rings. The first-order chi connectivity index (χ1) is 19.2. The fourth-order valence-corrected chi connectivity index (χ4v) is 5.58. The van der Waals surface area contributed by atoms with Gasteiger partial charge in [-0.05, 0) is 35.4 Å². The molecule has 3 heterocycles. The van der Waals surface area contributed by atoms with E-state index in [1.54, 1.807) is 30.3 Å². The number of aliphatic hydroxyl groups is 5. The van der Waals surface area contributed by atoms with Crippen molar-refractivity contribution in [3.63, 3.8) is 0 Å². The molecule has 40 heavy (non-hydrogen) atoms. The van der Waals surface area contributed by atoms with E-state index in [4.69, 9.17) is 33.2 Å². The quantitative estimate of drug-likeness (QED) is 0.247. The van der Waals surface area contributed by atoms with Gasteiger partial charge >= 0.3 is 0 Å². The summed E-state index contributed by atoms with van der Waals surface area (Å²) in [6.07, 6.45) is -8.53. The van der Waals surface area contributed by atoms with E-state index in [0.717, 1.165) is 0 Å². The number of ether oxygens (including phenoxy) is 7. The van der Waals surface area contributed by atoms with E-state index in [1.807, 2.05) is 0 Å². The zero-order valence-electron chi connectivity index (χ0n) is 22.2. The highest BCUT2D eigenvalue weighted by Crippen LogP contribution is 2.55. The van der Waals surface area contributed by atoms with Crippen molar-refractivity contribution in [2.75, 3.05) is 41.2 Å². The Bertz CT molecular complexity index is 1180. The maximum absolute atomic E-state index is 11.7. The number of rotatable bonds is 8. The number of aromatic hydroxyl groups is 1. The number of fused-ring (bicyclic) bond motifs is 1. The molecule has 0 aliphatic carbocycles. The Balaban J connectivity index is 1.37. The van der Waals surface area contributed by atoms with Crippen molar-refractivity contribution in [3.05, 3.63) is 41.5 Å². The van der Waals surface area contributed by atoms with Crippen molar-refractivity contribution >= 4 is 0 Å². The lowest BCUT2D eigenvalue weighted by Crippen LogP contribution is -2.60. The SMILES string of the molecule is COc1cc([C@H]2OC[C@]3(O)[C@@H](c4cc(OC)c(O)c(OC)c4)OC[C@H]23)ccc1O[C@@H]1O[C@H](CO)[C@@H](O)[C@H](O)[C@H]1O. The van der Waals surface area contributed by atoms with Gasteiger partial charge in [-0.25, -0.2) is 0 Å². The van der Waals surface area contributed by atoms with Crippen molar-refractivity contribution in [2.45, 2.75) is 48.5 Å². The first-order valence-corrected chi connectivity index (χ1v) is 12.7. The van der Waals surface area contributed by atoms with Crippen LogP contribution in [-0.2, 0) is 14.2 Å². The molecule has 0 saturated carbocycles. The third kappa shape index (κ3) is 4.72. The first kappa shape index (κ1) is 28.6. The Morgan fingerprint density at radius 3 is 2.12 bits per heavy atom. The average Bonchev–Trinajstić information content (AvgIpc) is 3.47. The minimum atomic E-state index is -1.59. The molecule has 220 valence electrons. The second-order valence-electron chi connectivity index (χ2n) is 10.0. The van der Waals surface area contributed by atoms with E-state index in [0.29, 0.717) is 11.1 Å². The van der Waals surface area contributed by atoms with Gasteiger partial charge in [0.1, 0.15) is 36.1 Å². The van der Waals surface area contributed by atoms with Crippen LogP contribution >= 0.6 is 0 Å². The molecule has 3 aliphatic rings. The summed E-state index contributed by atoms with van der Waals surface area (Å²) in [6.45, 7) is -0.427. The zero-order chi connectivity index (χ0) is 28.8. The molecule has 5 rings (SSSR count). The van der Waals surface area contributed by atoms with Crippen LogP contribution in [-0.4, -0.2) is 108 Å². The Kier molecular flexibility index (Phi) is 8.01. The number of hydrogen-bond acceptors (Lipinski definition) is 13. The first-order valence-electron chi connectivity index (χ1n) is 12.7. The van der Waals surface area contributed by atoms with Crippen molar-refractivity contribution in [1.29, 1.82) is 0 Å². The van der Waals surface area contributed by atoms with Gasteiger partial charge in [-0.15, -0.1) is 0 Å². The second-order valence-corrected chi connectivity index (χ2v) is 10.0. The highest BCUT2D eigenvalue weighted by molar-refractivity contribution is 5.54. The summed E-state index contributed by atoms with van der Waals surface area (Å²) in [5.74, 6) is 0.184. The van der Waals surface area contributed by atoms with Crippen molar-refractivity contribution in [2.24, 2.45) is 5.92 Å². The van der Waals surface area contributed by atoms with Gasteiger partial charge in [0, 0.05) is 5.92 Å². The molecule has 0 unspecified atom stereocenters. The molecule has 0 aromatic heterocycles. The van der Waals surface area contributed by atoms with Crippen LogP contribution in [0.5, 0.6) is 28.7 Å². The summed E-state index contributed by atoms with van der Waals surface area (Å²) in [4.78, 5) is 0. The van der Waals surface area contributed by atoms with Crippen LogP contribution in [0.15, 0.2) is 30.3 Å². The van der Waals surface area contributed by atoms with Gasteiger partial charge in [0.25, 0.3) is 0 Å². The average molecular weight is 567 g/mol. The lowest BCUT2D eigenvalue weighted by atomic mass is 9.81. The molecule has 2 aromatic carbocycles. The lowest BCUT2D eigenvalue weighted by Gasteiger charge is -2.39. The predicted octanol–water partition coefficient (Wildman–Crippen LogP) is -0.213. The Morgan fingerprint density at radius 2 is 1.50 bits per heavy atom. The van der Waals surface area contributed by atoms with E-state index in [2.05, 4.69) is 0 Å². The third-order valence-electron chi connectivity index (χ3n) is 7.81. The van der Waals surface area contributed by atoms with Gasteiger partial charge in [-0.1, -0.05) is 6.07 Å². The van der Waals surface area contributed by atoms with Crippen LogP contribution in [0.4, 0.5) is 0 Å². The van der Waals surface area contributed by atoms with E-state index >= 15 is 0 Å².